The first-order valence-corrected chi connectivity index (χ1v) is 27.7. The summed E-state index contributed by atoms with van der Waals surface area (Å²) in [6, 6.07) is 0.623. The quantitative estimate of drug-likeness (QED) is 0.0874. The number of ether oxygens (including phenoxy) is 1. The van der Waals surface area contributed by atoms with Gasteiger partial charge in [-0.3, -0.25) is 33.8 Å². The smallest absolute Gasteiger partial charge is 0.264 e. The van der Waals surface area contributed by atoms with Crippen LogP contribution in [0.1, 0.15) is 132 Å². The predicted molar refractivity (Wildman–Crippen MR) is 276 cm³/mol. The summed E-state index contributed by atoms with van der Waals surface area (Å²) in [5, 5.41) is 11.7. The van der Waals surface area contributed by atoms with E-state index in [1.165, 1.54) is 34.1 Å². The van der Waals surface area contributed by atoms with Crippen molar-refractivity contribution in [3.8, 4) is 5.75 Å². The standard InChI is InChI=1S/C53H75FN10O9S/c1-32-33(2)44(34(3)37-31-52(4,5)73-43(32)37)74(71,72)62-51(56)58-27-12-17-39-48(68)63-28-13-18-41(63)46(66)57-26-11-9-7-6-8-10-16-38(55)45(65)59-40(30-35-20-22-36(54)23-21-35)49(69)64-29-14-19-42(64)47(67)61-53(24-15-25-53)50(70)60-39/h6-7,20-23,38-42H,8-19,24-31,55H2,1-5H3,(H,57,66)(H,59,65)(H,60,70)(H,61,67)(H3,56,58,62)/b7-6+/t38-,39-,40-,41-,42-/m0/s1. The van der Waals surface area contributed by atoms with Crippen molar-refractivity contribution in [3.63, 3.8) is 0 Å². The Morgan fingerprint density at radius 2 is 1.45 bits per heavy atom. The van der Waals surface area contributed by atoms with Gasteiger partial charge in [-0.25, -0.2) is 17.5 Å². The number of hydrogen-bond acceptors (Lipinski definition) is 11. The first-order chi connectivity index (χ1) is 35.1. The summed E-state index contributed by atoms with van der Waals surface area (Å²) < 4.78 is 50.3. The van der Waals surface area contributed by atoms with Crippen LogP contribution in [0.5, 0.6) is 5.75 Å². The van der Waals surface area contributed by atoms with Crippen LogP contribution in [0.15, 0.2) is 46.3 Å². The van der Waals surface area contributed by atoms with Gasteiger partial charge < -0.3 is 47.3 Å². The number of aliphatic imine (C=N–C) groups is 1. The molecule has 404 valence electrons. The van der Waals surface area contributed by atoms with E-state index in [1.54, 1.807) is 13.8 Å². The number of amides is 6. The molecular formula is C53H75FN10O9S. The molecule has 21 heteroatoms. The third-order valence-electron chi connectivity index (χ3n) is 15.2. The minimum Gasteiger partial charge on any atom is -0.487 e. The number of guanidine groups is 1. The fourth-order valence-corrected chi connectivity index (χ4v) is 12.4. The van der Waals surface area contributed by atoms with Crippen LogP contribution in [0, 0.1) is 26.6 Å². The second-order valence-electron chi connectivity index (χ2n) is 21.2. The number of carbonyl (C=O) groups excluding carboxylic acids is 6. The summed E-state index contributed by atoms with van der Waals surface area (Å²) in [6.07, 6.45) is 10.5. The Morgan fingerprint density at radius 1 is 0.811 bits per heavy atom. The lowest BCUT2D eigenvalue weighted by Crippen LogP contribution is -2.67. The molecule has 4 heterocycles. The summed E-state index contributed by atoms with van der Waals surface area (Å²) in [7, 11) is -4.19. The van der Waals surface area contributed by atoms with Gasteiger partial charge in [0.1, 0.15) is 46.9 Å². The molecule has 0 bridgehead atoms. The molecule has 5 aliphatic rings. The number of nitrogens with zero attached hydrogens (tertiary/aromatic N) is 3. The minimum absolute atomic E-state index is 0.0158. The second kappa shape index (κ2) is 23.6. The highest BCUT2D eigenvalue weighted by molar-refractivity contribution is 7.90. The first-order valence-electron chi connectivity index (χ1n) is 26.2. The molecule has 74 heavy (non-hydrogen) atoms. The number of nitrogens with one attached hydrogen (secondary N) is 5. The molecule has 3 fully saturated rings. The van der Waals surface area contributed by atoms with Gasteiger partial charge in [0.2, 0.25) is 41.4 Å². The Hall–Kier alpha value is -6.09. The van der Waals surface area contributed by atoms with Gasteiger partial charge in [-0.15, -0.1) is 0 Å². The van der Waals surface area contributed by atoms with Crippen LogP contribution in [0.4, 0.5) is 4.39 Å². The zero-order valence-electron chi connectivity index (χ0n) is 43.4. The number of rotatable bonds is 8. The highest BCUT2D eigenvalue weighted by Crippen LogP contribution is 2.44. The molecule has 0 aromatic heterocycles. The molecule has 5 atom stereocenters. The third kappa shape index (κ3) is 12.9. The van der Waals surface area contributed by atoms with Crippen molar-refractivity contribution >= 4 is 51.4 Å². The van der Waals surface area contributed by atoms with Crippen LogP contribution in [-0.2, 0) is 51.6 Å². The van der Waals surface area contributed by atoms with Crippen LogP contribution in [-0.4, -0.2) is 127 Å². The number of sulfonamides is 1. The molecule has 6 amide bonds. The molecule has 9 N–H and O–H groups in total. The van der Waals surface area contributed by atoms with E-state index in [-0.39, 0.29) is 68.5 Å². The number of fused-ring (bicyclic) bond motifs is 3. The molecule has 7 rings (SSSR count). The highest BCUT2D eigenvalue weighted by Gasteiger charge is 2.50. The molecule has 4 aliphatic heterocycles. The Balaban J connectivity index is 1.10. The van der Waals surface area contributed by atoms with Gasteiger partial charge in [-0.2, -0.15) is 0 Å². The maximum atomic E-state index is 14.6. The van der Waals surface area contributed by atoms with Crippen molar-refractivity contribution in [2.24, 2.45) is 16.5 Å². The van der Waals surface area contributed by atoms with Crippen molar-refractivity contribution < 1.29 is 46.3 Å². The Bertz CT molecular complexity index is 2640. The summed E-state index contributed by atoms with van der Waals surface area (Å²) in [5.41, 5.74) is 13.9. The van der Waals surface area contributed by atoms with Crippen LogP contribution in [0.2, 0.25) is 0 Å². The number of carbonyl (C=O) groups is 6. The van der Waals surface area contributed by atoms with Crippen molar-refractivity contribution in [1.29, 1.82) is 0 Å². The number of hydrogen-bond donors (Lipinski definition) is 7. The van der Waals surface area contributed by atoms with E-state index in [2.05, 4.69) is 31.0 Å². The summed E-state index contributed by atoms with van der Waals surface area (Å²) in [5.74, 6) is -3.13. The van der Waals surface area contributed by atoms with Crippen molar-refractivity contribution in [2.45, 2.75) is 184 Å². The first kappa shape index (κ1) is 55.7. The summed E-state index contributed by atoms with van der Waals surface area (Å²) in [6.45, 7) is 10.0. The van der Waals surface area contributed by atoms with Gasteiger partial charge in [-0.05, 0) is 159 Å². The molecule has 1 aliphatic carbocycles. The molecular weight excluding hydrogens is 972 g/mol. The number of benzene rings is 2. The van der Waals surface area contributed by atoms with Crippen LogP contribution >= 0.6 is 0 Å². The lowest BCUT2D eigenvalue weighted by atomic mass is 9.75. The van der Waals surface area contributed by atoms with Crippen LogP contribution < -0.4 is 42.2 Å². The van der Waals surface area contributed by atoms with E-state index in [1.807, 2.05) is 32.9 Å². The maximum absolute atomic E-state index is 14.6. The molecule has 0 radical (unpaired) electrons. The number of halogens is 1. The zero-order valence-corrected chi connectivity index (χ0v) is 44.3. The molecule has 2 saturated heterocycles. The van der Waals surface area contributed by atoms with Crippen LogP contribution in [0.3, 0.4) is 0 Å². The van der Waals surface area contributed by atoms with Crippen molar-refractivity contribution in [1.82, 2.24) is 35.8 Å². The largest absolute Gasteiger partial charge is 0.487 e. The maximum Gasteiger partial charge on any atom is 0.264 e. The van der Waals surface area contributed by atoms with Gasteiger partial charge in [0.25, 0.3) is 10.0 Å². The van der Waals surface area contributed by atoms with E-state index < -0.39 is 86.7 Å². The zero-order chi connectivity index (χ0) is 53.5. The average Bonchev–Trinajstić information content (AvgIpc) is 4.11. The average molecular weight is 1050 g/mol. The molecule has 1 saturated carbocycles. The molecule has 2 aromatic carbocycles. The highest BCUT2D eigenvalue weighted by atomic mass is 32.2. The fraction of sp³-hybridized carbons (Fsp3) is 0.604. The van der Waals surface area contributed by atoms with E-state index in [0.29, 0.717) is 99.6 Å². The predicted octanol–water partition coefficient (Wildman–Crippen LogP) is 3.03. The summed E-state index contributed by atoms with van der Waals surface area (Å²) in [4.78, 5) is 92.5. The van der Waals surface area contributed by atoms with Gasteiger partial charge in [0.15, 0.2) is 0 Å². The Kier molecular flexibility index (Phi) is 17.8. The second-order valence-corrected chi connectivity index (χ2v) is 22.8. The SMILES string of the molecule is Cc1c(C)c(S(=O)(=O)NC(N)=NCCC[C@@H]2NC(=O)C3(CCC3)NC(=O)[C@@H]3CCCN3C(=O)[C@H](Cc3ccc(F)cc3)NC(=O)[C@@H](N)CCC/C=C/CCCNC(=O)[C@@H]3CCCN3C2=O)c(C)c2c1OC(C)(C)C2. The van der Waals surface area contributed by atoms with Gasteiger partial charge in [0, 0.05) is 44.6 Å². The van der Waals surface area contributed by atoms with E-state index in [4.69, 9.17) is 16.2 Å². The molecule has 0 unspecified atom stereocenters. The number of nitrogens with two attached hydrogens (primary N) is 2. The lowest BCUT2D eigenvalue weighted by Gasteiger charge is -2.43. The fourth-order valence-electron chi connectivity index (χ4n) is 10.9. The Labute approximate surface area is 434 Å². The van der Waals surface area contributed by atoms with Crippen molar-refractivity contribution in [3.05, 3.63) is 70.1 Å². The van der Waals surface area contributed by atoms with Crippen LogP contribution in [0.25, 0.3) is 0 Å². The molecule has 2 aromatic rings. The van der Waals surface area contributed by atoms with E-state index >= 15 is 0 Å². The van der Waals surface area contributed by atoms with E-state index in [9.17, 15) is 41.6 Å². The minimum atomic E-state index is -4.19. The van der Waals surface area contributed by atoms with Crippen molar-refractivity contribution in [2.75, 3.05) is 26.2 Å². The summed E-state index contributed by atoms with van der Waals surface area (Å²) >= 11 is 0. The third-order valence-corrected chi connectivity index (χ3v) is 16.8. The monoisotopic (exact) mass is 1050 g/mol. The number of allylic oxidation sites excluding steroid dienone is 2. The topological polar surface area (TPSA) is 277 Å². The normalized spacial score (nSPS) is 25.9. The van der Waals surface area contributed by atoms with Gasteiger partial charge >= 0.3 is 0 Å². The van der Waals surface area contributed by atoms with E-state index in [0.717, 1.165) is 11.1 Å². The lowest BCUT2D eigenvalue weighted by molar-refractivity contribution is -0.146. The molecule has 19 nitrogen and oxygen atoms in total. The van der Waals surface area contributed by atoms with Gasteiger partial charge in [-0.1, -0.05) is 24.3 Å². The van der Waals surface area contributed by atoms with Gasteiger partial charge in [0.05, 0.1) is 10.9 Å². The molecule has 1 spiro atoms. The Morgan fingerprint density at radius 3 is 2.09 bits per heavy atom.